The van der Waals surface area contributed by atoms with Crippen molar-refractivity contribution in [2.24, 2.45) is 5.92 Å². The van der Waals surface area contributed by atoms with E-state index in [1.54, 1.807) is 23.9 Å². The number of thioether (sulfide) groups is 1. The minimum Gasteiger partial charge on any atom is -0.349 e. The maximum absolute atomic E-state index is 13.0. The third kappa shape index (κ3) is 5.87. The van der Waals surface area contributed by atoms with Crippen LogP contribution in [0.2, 0.25) is 0 Å². The average Bonchev–Trinajstić information content (AvgIpc) is 2.73. The zero-order valence-electron chi connectivity index (χ0n) is 16.7. The van der Waals surface area contributed by atoms with Gasteiger partial charge in [0, 0.05) is 22.9 Å². The maximum atomic E-state index is 13.0. The Bertz CT molecular complexity index is 941. The second-order valence-electron chi connectivity index (χ2n) is 7.26. The van der Waals surface area contributed by atoms with Gasteiger partial charge >= 0.3 is 0 Å². The second kappa shape index (κ2) is 9.65. The van der Waals surface area contributed by atoms with Crippen molar-refractivity contribution in [2.45, 2.75) is 37.6 Å². The zero-order valence-corrected chi connectivity index (χ0v) is 17.5. The highest BCUT2D eigenvalue weighted by molar-refractivity contribution is 7.98. The summed E-state index contributed by atoms with van der Waals surface area (Å²) in [5, 5.41) is 12.3. The van der Waals surface area contributed by atoms with E-state index >= 15 is 0 Å². The van der Waals surface area contributed by atoms with Gasteiger partial charge in [0.25, 0.3) is 5.91 Å². The van der Waals surface area contributed by atoms with Crippen LogP contribution in [0.5, 0.6) is 0 Å². The predicted octanol–water partition coefficient (Wildman–Crippen LogP) is 5.35. The monoisotopic (exact) mass is 409 g/mol. The number of carbonyl (C=O) groups is 1. The largest absolute Gasteiger partial charge is 0.349 e. The highest BCUT2D eigenvalue weighted by Gasteiger charge is 2.12. The Hall–Kier alpha value is -2.73. The number of hydrogen-bond acceptors (Lipinski definition) is 4. The number of hydrogen-bond donors (Lipinski definition) is 1. The molecule has 4 nitrogen and oxygen atoms in total. The summed E-state index contributed by atoms with van der Waals surface area (Å²) in [7, 11) is 0. The van der Waals surface area contributed by atoms with Crippen LogP contribution in [0.15, 0.2) is 65.7 Å². The van der Waals surface area contributed by atoms with E-state index in [-0.39, 0.29) is 17.8 Å². The summed E-state index contributed by atoms with van der Waals surface area (Å²) in [5.74, 6) is 0.805. The molecule has 1 heterocycles. The van der Waals surface area contributed by atoms with Crippen LogP contribution in [0, 0.1) is 11.7 Å². The van der Waals surface area contributed by atoms with Crippen LogP contribution in [-0.4, -0.2) is 22.1 Å². The van der Waals surface area contributed by atoms with Gasteiger partial charge in [0.2, 0.25) is 0 Å². The first kappa shape index (κ1) is 21.0. The Morgan fingerprint density at radius 1 is 0.966 bits per heavy atom. The summed E-state index contributed by atoms with van der Waals surface area (Å²) in [6.45, 7) is 6.18. The smallest absolute Gasteiger partial charge is 0.251 e. The summed E-state index contributed by atoms with van der Waals surface area (Å²) in [6.07, 6.45) is 0. The lowest BCUT2D eigenvalue weighted by Crippen LogP contribution is -2.36. The SMILES string of the molecule is CC(C)C(C)NC(=O)c1ccc(CSc2ccc(-c3ccc(F)cc3)nn2)cc1. The first-order chi connectivity index (χ1) is 13.9. The molecule has 0 spiro atoms. The molecule has 0 radical (unpaired) electrons. The molecular formula is C23H24FN3OS. The average molecular weight is 410 g/mol. The van der Waals surface area contributed by atoms with Gasteiger partial charge in [-0.3, -0.25) is 4.79 Å². The Morgan fingerprint density at radius 3 is 2.24 bits per heavy atom. The topological polar surface area (TPSA) is 54.9 Å². The van der Waals surface area contributed by atoms with Crippen molar-refractivity contribution in [1.29, 1.82) is 0 Å². The fourth-order valence-electron chi connectivity index (χ4n) is 2.54. The normalized spacial score (nSPS) is 12.0. The van der Waals surface area contributed by atoms with Gasteiger partial charge in [-0.2, -0.15) is 0 Å². The quantitative estimate of drug-likeness (QED) is 0.535. The van der Waals surface area contributed by atoms with E-state index in [0.29, 0.717) is 17.2 Å². The van der Waals surface area contributed by atoms with E-state index in [2.05, 4.69) is 29.4 Å². The summed E-state index contributed by atoms with van der Waals surface area (Å²) in [5.41, 5.74) is 3.30. The van der Waals surface area contributed by atoms with Crippen molar-refractivity contribution >= 4 is 17.7 Å². The number of halogens is 1. The molecule has 1 N–H and O–H groups in total. The molecular weight excluding hydrogens is 385 g/mol. The number of nitrogens with one attached hydrogen (secondary N) is 1. The van der Waals surface area contributed by atoms with Crippen LogP contribution in [0.1, 0.15) is 36.7 Å². The molecule has 29 heavy (non-hydrogen) atoms. The van der Waals surface area contributed by atoms with E-state index < -0.39 is 0 Å². The van der Waals surface area contributed by atoms with Crippen LogP contribution >= 0.6 is 11.8 Å². The van der Waals surface area contributed by atoms with Crippen LogP contribution in [0.4, 0.5) is 4.39 Å². The van der Waals surface area contributed by atoms with Gasteiger partial charge in [-0.15, -0.1) is 10.2 Å². The molecule has 150 valence electrons. The third-order valence-corrected chi connectivity index (χ3v) is 5.73. The van der Waals surface area contributed by atoms with E-state index in [9.17, 15) is 9.18 Å². The van der Waals surface area contributed by atoms with E-state index in [0.717, 1.165) is 21.9 Å². The summed E-state index contributed by atoms with van der Waals surface area (Å²) < 4.78 is 13.0. The Labute approximate surface area is 175 Å². The molecule has 0 aliphatic rings. The summed E-state index contributed by atoms with van der Waals surface area (Å²) in [4.78, 5) is 12.3. The fourth-order valence-corrected chi connectivity index (χ4v) is 3.31. The van der Waals surface area contributed by atoms with Crippen molar-refractivity contribution in [2.75, 3.05) is 0 Å². The molecule has 3 aromatic rings. The van der Waals surface area contributed by atoms with Gasteiger partial charge in [-0.25, -0.2) is 4.39 Å². The molecule has 0 fully saturated rings. The number of aromatic nitrogens is 2. The minimum absolute atomic E-state index is 0.0485. The van der Waals surface area contributed by atoms with Crippen molar-refractivity contribution < 1.29 is 9.18 Å². The molecule has 3 rings (SSSR count). The van der Waals surface area contributed by atoms with Crippen molar-refractivity contribution in [3.63, 3.8) is 0 Å². The lowest BCUT2D eigenvalue weighted by atomic mass is 10.1. The van der Waals surface area contributed by atoms with Crippen LogP contribution in [0.3, 0.4) is 0 Å². The van der Waals surface area contributed by atoms with E-state index in [1.165, 1.54) is 12.1 Å². The molecule has 2 aromatic carbocycles. The number of amides is 1. The minimum atomic E-state index is -0.271. The van der Waals surface area contributed by atoms with Crippen molar-refractivity contribution in [3.8, 4) is 11.3 Å². The molecule has 6 heteroatoms. The Kier molecular flexibility index (Phi) is 6.99. The van der Waals surface area contributed by atoms with Crippen LogP contribution in [0.25, 0.3) is 11.3 Å². The number of benzene rings is 2. The first-order valence-corrected chi connectivity index (χ1v) is 10.5. The fraction of sp³-hybridized carbons (Fsp3) is 0.261. The van der Waals surface area contributed by atoms with Gasteiger partial charge in [-0.1, -0.05) is 37.7 Å². The molecule has 0 saturated heterocycles. The van der Waals surface area contributed by atoms with Crippen molar-refractivity contribution in [3.05, 3.63) is 77.6 Å². The second-order valence-corrected chi connectivity index (χ2v) is 8.25. The van der Waals surface area contributed by atoms with Gasteiger partial charge in [-0.05, 0) is 66.9 Å². The Balaban J connectivity index is 1.56. The molecule has 0 saturated carbocycles. The van der Waals surface area contributed by atoms with Gasteiger partial charge < -0.3 is 5.32 Å². The van der Waals surface area contributed by atoms with E-state index in [1.807, 2.05) is 43.3 Å². The molecule has 0 bridgehead atoms. The van der Waals surface area contributed by atoms with Crippen LogP contribution < -0.4 is 5.32 Å². The van der Waals surface area contributed by atoms with Gasteiger partial charge in [0.15, 0.2) is 0 Å². The molecule has 1 amide bonds. The lowest BCUT2D eigenvalue weighted by molar-refractivity contribution is 0.0930. The molecule has 1 atom stereocenters. The van der Waals surface area contributed by atoms with Gasteiger partial charge in [0.05, 0.1) is 5.69 Å². The highest BCUT2D eigenvalue weighted by atomic mass is 32.2. The summed E-state index contributed by atoms with van der Waals surface area (Å²) in [6, 6.07) is 17.7. The molecule has 1 aromatic heterocycles. The zero-order chi connectivity index (χ0) is 20.8. The summed E-state index contributed by atoms with van der Waals surface area (Å²) >= 11 is 1.57. The maximum Gasteiger partial charge on any atom is 0.251 e. The first-order valence-electron chi connectivity index (χ1n) is 9.54. The Morgan fingerprint density at radius 2 is 1.66 bits per heavy atom. The predicted molar refractivity (Wildman–Crippen MR) is 115 cm³/mol. The number of carbonyl (C=O) groups excluding carboxylic acids is 1. The third-order valence-electron chi connectivity index (χ3n) is 4.74. The number of nitrogens with zero attached hydrogens (tertiary/aromatic N) is 2. The van der Waals surface area contributed by atoms with Crippen molar-refractivity contribution in [1.82, 2.24) is 15.5 Å². The highest BCUT2D eigenvalue weighted by Crippen LogP contribution is 2.23. The van der Waals surface area contributed by atoms with E-state index in [4.69, 9.17) is 0 Å². The van der Waals surface area contributed by atoms with Gasteiger partial charge in [0.1, 0.15) is 10.8 Å². The molecule has 0 aliphatic carbocycles. The molecule has 0 aliphatic heterocycles. The molecule has 1 unspecified atom stereocenters. The number of rotatable bonds is 7. The lowest BCUT2D eigenvalue weighted by Gasteiger charge is -2.17. The van der Waals surface area contributed by atoms with Crippen LogP contribution in [-0.2, 0) is 5.75 Å². The standard InChI is InChI=1S/C23H24FN3OS/c1-15(2)16(3)25-23(28)19-6-4-17(5-7-19)14-29-22-13-12-21(26-27-22)18-8-10-20(24)11-9-18/h4-13,15-16H,14H2,1-3H3,(H,25,28).